The van der Waals surface area contributed by atoms with Gasteiger partial charge >= 0.3 is 0 Å². The van der Waals surface area contributed by atoms with Crippen molar-refractivity contribution < 1.29 is 9.59 Å². The number of H-pyrrole nitrogens is 1. The van der Waals surface area contributed by atoms with E-state index >= 15 is 0 Å². The number of rotatable bonds is 3. The number of benzene rings is 1. The van der Waals surface area contributed by atoms with Gasteiger partial charge in [0, 0.05) is 38.5 Å². The smallest absolute Gasteiger partial charge is 0.228 e. The summed E-state index contributed by atoms with van der Waals surface area (Å²) in [5.41, 5.74) is 2.02. The molecule has 0 bridgehead atoms. The summed E-state index contributed by atoms with van der Waals surface area (Å²) in [7, 11) is 0. The van der Waals surface area contributed by atoms with Crippen LogP contribution in [0.5, 0.6) is 0 Å². The minimum atomic E-state index is -0.179. The van der Waals surface area contributed by atoms with Crippen LogP contribution in [-0.2, 0) is 9.59 Å². The van der Waals surface area contributed by atoms with Crippen molar-refractivity contribution in [1.29, 1.82) is 0 Å². The number of amides is 2. The Morgan fingerprint density at radius 2 is 2.16 bits per heavy atom. The van der Waals surface area contributed by atoms with Gasteiger partial charge in [-0.3, -0.25) is 9.59 Å². The molecule has 25 heavy (non-hydrogen) atoms. The number of carbonyl (C=O) groups is 2. The quantitative estimate of drug-likeness (QED) is 0.931. The number of para-hydroxylation sites is 2. The van der Waals surface area contributed by atoms with Crippen LogP contribution in [0.1, 0.15) is 37.9 Å². The van der Waals surface area contributed by atoms with E-state index in [2.05, 4.69) is 4.98 Å². The zero-order chi connectivity index (χ0) is 17.4. The summed E-state index contributed by atoms with van der Waals surface area (Å²) >= 11 is 0. The van der Waals surface area contributed by atoms with E-state index < -0.39 is 0 Å². The molecule has 2 aliphatic rings. The Labute approximate surface area is 147 Å². The topological polar surface area (TPSA) is 69.3 Å². The van der Waals surface area contributed by atoms with Crippen LogP contribution in [0.15, 0.2) is 24.3 Å². The van der Waals surface area contributed by atoms with Gasteiger partial charge < -0.3 is 14.8 Å². The second-order valence-electron chi connectivity index (χ2n) is 7.10. The maximum Gasteiger partial charge on any atom is 0.228 e. The Hall–Kier alpha value is -2.37. The number of imidazole rings is 1. The molecule has 2 saturated heterocycles. The third-order valence-corrected chi connectivity index (χ3v) is 5.47. The van der Waals surface area contributed by atoms with Crippen molar-refractivity contribution in [1.82, 2.24) is 19.8 Å². The van der Waals surface area contributed by atoms with Crippen molar-refractivity contribution in [3.05, 3.63) is 30.1 Å². The zero-order valence-corrected chi connectivity index (χ0v) is 14.6. The molecule has 0 radical (unpaired) electrons. The number of hydrogen-bond acceptors (Lipinski definition) is 3. The lowest BCUT2D eigenvalue weighted by molar-refractivity contribution is -0.137. The van der Waals surface area contributed by atoms with Crippen molar-refractivity contribution >= 4 is 22.8 Å². The lowest BCUT2D eigenvalue weighted by atomic mass is 9.95. The maximum absolute atomic E-state index is 12.9. The first-order chi connectivity index (χ1) is 12.2. The van der Waals surface area contributed by atoms with Crippen LogP contribution >= 0.6 is 0 Å². The Morgan fingerprint density at radius 1 is 1.32 bits per heavy atom. The second-order valence-corrected chi connectivity index (χ2v) is 7.10. The molecule has 0 saturated carbocycles. The van der Waals surface area contributed by atoms with Crippen molar-refractivity contribution in [2.24, 2.45) is 5.92 Å². The number of nitrogens with zero attached hydrogens (tertiary/aromatic N) is 3. The van der Waals surface area contributed by atoms with Gasteiger partial charge in [0.25, 0.3) is 0 Å². The summed E-state index contributed by atoms with van der Waals surface area (Å²) in [6.07, 6.45) is 2.37. The lowest BCUT2D eigenvalue weighted by Gasteiger charge is -2.33. The summed E-state index contributed by atoms with van der Waals surface area (Å²) in [6.45, 7) is 4.69. The summed E-state index contributed by atoms with van der Waals surface area (Å²) in [4.78, 5) is 36.6. The number of hydrogen-bond donors (Lipinski definition) is 1. The molecule has 0 aliphatic carbocycles. The first-order valence-electron chi connectivity index (χ1n) is 9.17. The monoisotopic (exact) mass is 340 g/mol. The predicted molar refractivity (Wildman–Crippen MR) is 95.0 cm³/mol. The van der Waals surface area contributed by atoms with Gasteiger partial charge in [0.2, 0.25) is 11.8 Å². The van der Waals surface area contributed by atoms with E-state index in [0.717, 1.165) is 36.2 Å². The molecule has 2 aliphatic heterocycles. The summed E-state index contributed by atoms with van der Waals surface area (Å²) in [6, 6.07) is 8.02. The van der Waals surface area contributed by atoms with E-state index in [1.54, 1.807) is 4.90 Å². The van der Waals surface area contributed by atoms with E-state index in [0.29, 0.717) is 26.1 Å². The molecule has 132 valence electrons. The van der Waals surface area contributed by atoms with Crippen LogP contribution in [0, 0.1) is 5.92 Å². The van der Waals surface area contributed by atoms with E-state index in [9.17, 15) is 9.59 Å². The number of carbonyl (C=O) groups excluding carboxylic acids is 2. The van der Waals surface area contributed by atoms with Crippen molar-refractivity contribution in [2.75, 3.05) is 26.2 Å². The molecule has 3 heterocycles. The largest absolute Gasteiger partial charge is 0.342 e. The molecule has 0 spiro atoms. The van der Waals surface area contributed by atoms with Crippen molar-refractivity contribution in [3.8, 4) is 0 Å². The van der Waals surface area contributed by atoms with Gasteiger partial charge in [0.1, 0.15) is 5.82 Å². The highest BCUT2D eigenvalue weighted by atomic mass is 16.2. The third-order valence-electron chi connectivity index (χ3n) is 5.47. The van der Waals surface area contributed by atoms with Gasteiger partial charge in [-0.1, -0.05) is 12.1 Å². The number of aromatic nitrogens is 2. The Balaban J connectivity index is 1.47. The standard InChI is InChI=1S/C19H24N4O2/c1-2-22-12-14(10-17(22)24)19(25)23-9-5-6-13(11-23)18-20-15-7-3-4-8-16(15)21-18/h3-4,7-8,13-14H,2,5-6,9-12H2,1H3,(H,20,21)/t13-,14+/m0/s1. The molecular weight excluding hydrogens is 316 g/mol. The summed E-state index contributed by atoms with van der Waals surface area (Å²) in [5.74, 6) is 1.26. The highest BCUT2D eigenvalue weighted by Crippen LogP contribution is 2.29. The fraction of sp³-hybridized carbons (Fsp3) is 0.526. The molecule has 2 aromatic rings. The lowest BCUT2D eigenvalue weighted by Crippen LogP contribution is -2.43. The molecule has 1 aromatic carbocycles. The molecule has 2 atom stereocenters. The van der Waals surface area contributed by atoms with Gasteiger partial charge in [0.05, 0.1) is 17.0 Å². The van der Waals surface area contributed by atoms with E-state index in [4.69, 9.17) is 4.98 Å². The number of likely N-dealkylation sites (tertiary alicyclic amines) is 2. The Morgan fingerprint density at radius 3 is 2.92 bits per heavy atom. The molecular formula is C19H24N4O2. The van der Waals surface area contributed by atoms with Crippen LogP contribution in [0.3, 0.4) is 0 Å². The zero-order valence-electron chi connectivity index (χ0n) is 14.6. The SMILES string of the molecule is CCN1C[C@H](C(=O)N2CCC[C@H](c3nc4ccccc4[nH]3)C2)CC1=O. The van der Waals surface area contributed by atoms with Crippen molar-refractivity contribution in [2.45, 2.75) is 32.1 Å². The van der Waals surface area contributed by atoms with E-state index in [-0.39, 0.29) is 23.7 Å². The molecule has 1 aromatic heterocycles. The van der Waals surface area contributed by atoms with Crippen molar-refractivity contribution in [3.63, 3.8) is 0 Å². The molecule has 2 fully saturated rings. The number of nitrogens with one attached hydrogen (secondary N) is 1. The number of piperidine rings is 1. The Bertz CT molecular complexity index is 767. The average Bonchev–Trinajstić information content (AvgIpc) is 3.24. The predicted octanol–water partition coefficient (Wildman–Crippen LogP) is 2.14. The molecule has 6 nitrogen and oxygen atoms in total. The van der Waals surface area contributed by atoms with E-state index in [1.807, 2.05) is 36.1 Å². The van der Waals surface area contributed by atoms with Gasteiger partial charge in [-0.05, 0) is 31.9 Å². The summed E-state index contributed by atoms with van der Waals surface area (Å²) in [5, 5.41) is 0. The first kappa shape index (κ1) is 16.1. The molecule has 6 heteroatoms. The fourth-order valence-electron chi connectivity index (χ4n) is 4.07. The second kappa shape index (κ2) is 6.50. The third kappa shape index (κ3) is 3.01. The molecule has 2 amide bonds. The Kier molecular flexibility index (Phi) is 4.19. The van der Waals surface area contributed by atoms with Gasteiger partial charge in [-0.2, -0.15) is 0 Å². The summed E-state index contributed by atoms with van der Waals surface area (Å²) < 4.78 is 0. The minimum Gasteiger partial charge on any atom is -0.342 e. The normalized spacial score (nSPS) is 24.3. The average molecular weight is 340 g/mol. The maximum atomic E-state index is 12.9. The highest BCUT2D eigenvalue weighted by molar-refractivity contribution is 5.89. The van der Waals surface area contributed by atoms with Gasteiger partial charge in [-0.15, -0.1) is 0 Å². The molecule has 1 N–H and O–H groups in total. The van der Waals surface area contributed by atoms with Crippen LogP contribution in [-0.4, -0.2) is 57.8 Å². The fourth-order valence-corrected chi connectivity index (χ4v) is 4.07. The number of fused-ring (bicyclic) bond motifs is 1. The van der Waals surface area contributed by atoms with E-state index in [1.165, 1.54) is 0 Å². The first-order valence-corrected chi connectivity index (χ1v) is 9.17. The molecule has 0 unspecified atom stereocenters. The number of aromatic amines is 1. The van der Waals surface area contributed by atoms with Gasteiger partial charge in [0.15, 0.2) is 0 Å². The van der Waals surface area contributed by atoms with Gasteiger partial charge in [-0.25, -0.2) is 4.98 Å². The van der Waals surface area contributed by atoms with Crippen LogP contribution in [0.25, 0.3) is 11.0 Å². The minimum absolute atomic E-state index is 0.103. The van der Waals surface area contributed by atoms with Crippen LogP contribution in [0.2, 0.25) is 0 Å². The highest BCUT2D eigenvalue weighted by Gasteiger charge is 2.37. The van der Waals surface area contributed by atoms with Crippen LogP contribution < -0.4 is 0 Å². The molecule has 4 rings (SSSR count). The van der Waals surface area contributed by atoms with Crippen LogP contribution in [0.4, 0.5) is 0 Å².